The Morgan fingerprint density at radius 3 is 2.88 bits per heavy atom. The van der Waals surface area contributed by atoms with Gasteiger partial charge in [-0.25, -0.2) is 0 Å². The number of aryl methyl sites for hydroxylation is 1. The van der Waals surface area contributed by atoms with Gasteiger partial charge in [-0.3, -0.25) is 4.79 Å². The van der Waals surface area contributed by atoms with Crippen LogP contribution in [-0.4, -0.2) is 32.4 Å². The molecule has 0 saturated carbocycles. The van der Waals surface area contributed by atoms with E-state index in [1.807, 2.05) is 54.8 Å². The van der Waals surface area contributed by atoms with E-state index < -0.39 is 0 Å². The van der Waals surface area contributed by atoms with E-state index in [4.69, 9.17) is 0 Å². The quantitative estimate of drug-likeness (QED) is 0.618. The number of nitrogens with zero attached hydrogens (tertiary/aromatic N) is 4. The Hall–Kier alpha value is -2.19. The molecule has 2 aromatic carbocycles. The maximum atomic E-state index is 12.2. The normalized spacial score (nSPS) is 10.6. The first-order valence-corrected chi connectivity index (χ1v) is 9.65. The predicted molar refractivity (Wildman–Crippen MR) is 102 cm³/mol. The third-order valence-corrected chi connectivity index (χ3v) is 4.97. The fourth-order valence-electron chi connectivity index (χ4n) is 2.36. The van der Waals surface area contributed by atoms with E-state index in [1.54, 1.807) is 4.68 Å². The molecule has 0 radical (unpaired) electrons. The van der Waals surface area contributed by atoms with Crippen LogP contribution in [0.3, 0.4) is 0 Å². The SMILES string of the molecule is CSc1nnnn1-c1cccc(NC(=O)CCc2ccccc2Br)c1. The van der Waals surface area contributed by atoms with Crippen molar-refractivity contribution < 1.29 is 4.79 Å². The molecule has 1 amide bonds. The lowest BCUT2D eigenvalue weighted by Gasteiger charge is -2.08. The van der Waals surface area contributed by atoms with E-state index in [9.17, 15) is 4.79 Å². The highest BCUT2D eigenvalue weighted by atomic mass is 79.9. The number of amides is 1. The molecule has 0 atom stereocenters. The maximum absolute atomic E-state index is 12.2. The highest BCUT2D eigenvalue weighted by Crippen LogP contribution is 2.20. The summed E-state index contributed by atoms with van der Waals surface area (Å²) in [4.78, 5) is 12.2. The number of anilines is 1. The van der Waals surface area contributed by atoms with Crippen LogP contribution in [-0.2, 0) is 11.2 Å². The summed E-state index contributed by atoms with van der Waals surface area (Å²) in [5, 5.41) is 15.2. The summed E-state index contributed by atoms with van der Waals surface area (Å²) in [7, 11) is 0. The molecule has 3 rings (SSSR count). The first-order chi connectivity index (χ1) is 12.2. The van der Waals surface area contributed by atoms with Crippen LogP contribution < -0.4 is 5.32 Å². The van der Waals surface area contributed by atoms with Crippen molar-refractivity contribution >= 4 is 39.3 Å². The maximum Gasteiger partial charge on any atom is 0.224 e. The fraction of sp³-hybridized carbons (Fsp3) is 0.176. The van der Waals surface area contributed by atoms with E-state index in [0.29, 0.717) is 18.0 Å². The minimum absolute atomic E-state index is 0.0327. The Morgan fingerprint density at radius 1 is 1.24 bits per heavy atom. The predicted octanol–water partition coefficient (Wildman–Crippen LogP) is 3.72. The summed E-state index contributed by atoms with van der Waals surface area (Å²) in [6.07, 6.45) is 3.00. The lowest BCUT2D eigenvalue weighted by molar-refractivity contribution is -0.116. The monoisotopic (exact) mass is 417 g/mol. The summed E-state index contributed by atoms with van der Waals surface area (Å²) in [5.41, 5.74) is 2.64. The molecule has 25 heavy (non-hydrogen) atoms. The smallest absolute Gasteiger partial charge is 0.224 e. The Balaban J connectivity index is 1.66. The standard InChI is InChI=1S/C17H16BrN5OS/c1-25-17-20-21-22-23(17)14-7-4-6-13(11-14)19-16(24)10-9-12-5-2-3-8-15(12)18/h2-8,11H,9-10H2,1H3,(H,19,24). The van der Waals surface area contributed by atoms with Crippen molar-refractivity contribution in [3.8, 4) is 5.69 Å². The zero-order chi connectivity index (χ0) is 17.6. The molecule has 128 valence electrons. The van der Waals surface area contributed by atoms with Gasteiger partial charge in [0, 0.05) is 16.6 Å². The van der Waals surface area contributed by atoms with Gasteiger partial charge in [-0.2, -0.15) is 4.68 Å². The minimum atomic E-state index is -0.0327. The summed E-state index contributed by atoms with van der Waals surface area (Å²) < 4.78 is 2.66. The number of thioether (sulfide) groups is 1. The van der Waals surface area contributed by atoms with Crippen LogP contribution in [0.15, 0.2) is 58.2 Å². The van der Waals surface area contributed by atoms with E-state index in [-0.39, 0.29) is 5.91 Å². The molecular formula is C17H16BrN5OS. The number of carbonyl (C=O) groups excluding carboxylic acids is 1. The number of hydrogen-bond donors (Lipinski definition) is 1. The number of carbonyl (C=O) groups is 1. The summed E-state index contributed by atoms with van der Waals surface area (Å²) in [6, 6.07) is 15.4. The van der Waals surface area contributed by atoms with Crippen molar-refractivity contribution in [2.75, 3.05) is 11.6 Å². The van der Waals surface area contributed by atoms with Crippen LogP contribution >= 0.6 is 27.7 Å². The molecule has 1 aromatic heterocycles. The minimum Gasteiger partial charge on any atom is -0.326 e. The van der Waals surface area contributed by atoms with Crippen LogP contribution in [0.2, 0.25) is 0 Å². The zero-order valence-electron chi connectivity index (χ0n) is 13.5. The molecule has 0 unspecified atom stereocenters. The number of benzene rings is 2. The first kappa shape index (κ1) is 17.6. The van der Waals surface area contributed by atoms with Gasteiger partial charge in [-0.15, -0.1) is 5.10 Å². The number of rotatable bonds is 6. The second kappa shape index (κ2) is 8.26. The van der Waals surface area contributed by atoms with Crippen LogP contribution in [0.5, 0.6) is 0 Å². The molecule has 1 heterocycles. The van der Waals surface area contributed by atoms with Gasteiger partial charge >= 0.3 is 0 Å². The lowest BCUT2D eigenvalue weighted by atomic mass is 10.1. The van der Waals surface area contributed by atoms with E-state index in [1.165, 1.54) is 11.8 Å². The third kappa shape index (κ3) is 4.46. The zero-order valence-corrected chi connectivity index (χ0v) is 15.9. The molecule has 0 saturated heterocycles. The number of aromatic nitrogens is 4. The van der Waals surface area contributed by atoms with Gasteiger partial charge in [0.25, 0.3) is 0 Å². The van der Waals surface area contributed by atoms with Crippen molar-refractivity contribution in [2.45, 2.75) is 18.0 Å². The van der Waals surface area contributed by atoms with Crippen molar-refractivity contribution in [1.82, 2.24) is 20.2 Å². The summed E-state index contributed by atoms with van der Waals surface area (Å²) in [6.45, 7) is 0. The second-order valence-electron chi connectivity index (χ2n) is 5.27. The Morgan fingerprint density at radius 2 is 2.08 bits per heavy atom. The number of nitrogens with one attached hydrogen (secondary N) is 1. The average molecular weight is 418 g/mol. The summed E-state index contributed by atoms with van der Waals surface area (Å²) >= 11 is 4.96. The molecule has 0 fully saturated rings. The van der Waals surface area contributed by atoms with Crippen molar-refractivity contribution in [3.05, 3.63) is 58.6 Å². The molecule has 0 aliphatic heterocycles. The number of halogens is 1. The highest BCUT2D eigenvalue weighted by Gasteiger charge is 2.09. The fourth-order valence-corrected chi connectivity index (χ4v) is 3.27. The second-order valence-corrected chi connectivity index (χ2v) is 6.90. The van der Waals surface area contributed by atoms with E-state index in [0.717, 1.165) is 21.4 Å². The van der Waals surface area contributed by atoms with Crippen LogP contribution in [0, 0.1) is 0 Å². The van der Waals surface area contributed by atoms with Crippen molar-refractivity contribution in [2.24, 2.45) is 0 Å². The van der Waals surface area contributed by atoms with Gasteiger partial charge in [-0.05, 0) is 52.9 Å². The van der Waals surface area contributed by atoms with Crippen molar-refractivity contribution in [3.63, 3.8) is 0 Å². The van der Waals surface area contributed by atoms with Gasteiger partial charge in [0.1, 0.15) is 0 Å². The Bertz CT molecular complexity index is 883. The molecule has 0 spiro atoms. The largest absolute Gasteiger partial charge is 0.326 e. The summed E-state index contributed by atoms with van der Waals surface area (Å²) in [5.74, 6) is -0.0327. The first-order valence-electron chi connectivity index (χ1n) is 7.63. The molecule has 3 aromatic rings. The molecular weight excluding hydrogens is 402 g/mol. The van der Waals surface area contributed by atoms with Crippen LogP contribution in [0.1, 0.15) is 12.0 Å². The third-order valence-electron chi connectivity index (χ3n) is 3.58. The molecule has 0 aliphatic rings. The van der Waals surface area contributed by atoms with Crippen LogP contribution in [0.25, 0.3) is 5.69 Å². The highest BCUT2D eigenvalue weighted by molar-refractivity contribution is 9.10. The van der Waals surface area contributed by atoms with Gasteiger partial charge in [-0.1, -0.05) is 52.0 Å². The van der Waals surface area contributed by atoms with E-state index >= 15 is 0 Å². The topological polar surface area (TPSA) is 72.7 Å². The molecule has 0 bridgehead atoms. The molecule has 1 N–H and O–H groups in total. The molecule has 6 nitrogen and oxygen atoms in total. The molecule has 8 heteroatoms. The molecule has 0 aliphatic carbocycles. The van der Waals surface area contributed by atoms with Gasteiger partial charge < -0.3 is 5.32 Å². The van der Waals surface area contributed by atoms with Crippen molar-refractivity contribution in [1.29, 1.82) is 0 Å². The Labute approximate surface area is 158 Å². The average Bonchev–Trinajstić information content (AvgIpc) is 3.10. The lowest BCUT2D eigenvalue weighted by Crippen LogP contribution is -2.13. The number of hydrogen-bond acceptors (Lipinski definition) is 5. The van der Waals surface area contributed by atoms with Crippen LogP contribution in [0.4, 0.5) is 5.69 Å². The Kier molecular flexibility index (Phi) is 5.83. The van der Waals surface area contributed by atoms with E-state index in [2.05, 4.69) is 36.8 Å². The van der Waals surface area contributed by atoms with Gasteiger partial charge in [0.05, 0.1) is 5.69 Å². The van der Waals surface area contributed by atoms with Gasteiger partial charge in [0.15, 0.2) is 0 Å². The number of tetrazole rings is 1. The van der Waals surface area contributed by atoms with Gasteiger partial charge in [0.2, 0.25) is 11.1 Å².